The van der Waals surface area contributed by atoms with E-state index in [1.54, 1.807) is 45.4 Å². The Morgan fingerprint density at radius 3 is 2.50 bits per heavy atom. The number of hydrogen-bond donors (Lipinski definition) is 1. The molecule has 1 heterocycles. The van der Waals surface area contributed by atoms with Gasteiger partial charge in [0.15, 0.2) is 5.82 Å². The van der Waals surface area contributed by atoms with Crippen molar-refractivity contribution < 1.29 is 18.9 Å². The zero-order valence-electron chi connectivity index (χ0n) is 23.9. The maximum absolute atomic E-state index is 6.25. The lowest BCUT2D eigenvalue weighted by atomic mass is 10.1. The number of methoxy groups -OCH3 is 2. The third kappa shape index (κ3) is 11.8. The summed E-state index contributed by atoms with van der Waals surface area (Å²) >= 11 is 1.63. The summed E-state index contributed by atoms with van der Waals surface area (Å²) in [7, 11) is 4.93. The van der Waals surface area contributed by atoms with E-state index in [4.69, 9.17) is 18.9 Å². The van der Waals surface area contributed by atoms with E-state index >= 15 is 0 Å². The Morgan fingerprint density at radius 1 is 1.16 bits per heavy atom. The van der Waals surface area contributed by atoms with Crippen molar-refractivity contribution in [3.8, 4) is 17.4 Å². The van der Waals surface area contributed by atoms with Crippen LogP contribution in [0.4, 0.5) is 5.82 Å². The van der Waals surface area contributed by atoms with Crippen molar-refractivity contribution in [1.82, 2.24) is 9.97 Å². The highest BCUT2D eigenvalue weighted by Crippen LogP contribution is 2.27. The number of benzene rings is 1. The molecule has 0 saturated carbocycles. The maximum Gasteiger partial charge on any atom is 0.233 e. The molecule has 0 amide bonds. The maximum atomic E-state index is 6.25. The molecule has 0 fully saturated rings. The van der Waals surface area contributed by atoms with Gasteiger partial charge in [-0.15, -0.1) is 11.8 Å². The van der Waals surface area contributed by atoms with E-state index in [2.05, 4.69) is 33.8 Å². The molecule has 0 radical (unpaired) electrons. The molecule has 38 heavy (non-hydrogen) atoms. The lowest BCUT2D eigenvalue weighted by Gasteiger charge is -2.17. The lowest BCUT2D eigenvalue weighted by Crippen LogP contribution is -2.19. The molecule has 8 nitrogen and oxygen atoms in total. The zero-order chi connectivity index (χ0) is 28.3. The number of anilines is 1. The third-order valence-electron chi connectivity index (χ3n) is 4.88. The van der Waals surface area contributed by atoms with Gasteiger partial charge < -0.3 is 24.3 Å². The van der Waals surface area contributed by atoms with Gasteiger partial charge in [-0.25, -0.2) is 0 Å². The first-order chi connectivity index (χ1) is 18.4. The highest BCUT2D eigenvalue weighted by molar-refractivity contribution is 8.02. The van der Waals surface area contributed by atoms with Crippen molar-refractivity contribution in [3.63, 3.8) is 0 Å². The Kier molecular flexibility index (Phi) is 16.3. The Balaban J connectivity index is 0.00000352. The van der Waals surface area contributed by atoms with Crippen LogP contribution in [-0.4, -0.2) is 56.0 Å². The van der Waals surface area contributed by atoms with E-state index in [0.29, 0.717) is 42.1 Å². The van der Waals surface area contributed by atoms with Gasteiger partial charge >= 0.3 is 0 Å². The molecule has 2 rings (SSSR count). The number of ether oxygens (including phenoxy) is 4. The first-order valence-electron chi connectivity index (χ1n) is 12.6. The van der Waals surface area contributed by atoms with E-state index < -0.39 is 0 Å². The fourth-order valence-corrected chi connectivity index (χ4v) is 3.53. The van der Waals surface area contributed by atoms with E-state index in [1.807, 2.05) is 63.5 Å². The number of thioether (sulfide) groups is 1. The van der Waals surface area contributed by atoms with Crippen LogP contribution in [0.15, 0.2) is 71.1 Å². The standard InChI is InChI=1S/C27H36N4O4S.C2H6/c1-8-21(10-11-24(9-2)36-7)35-23-13-20(12-22(15-23)34-19(3)18-32-5)14-25(28-4)30-26-16-29-17-27(31-26)33-6;1-2/h9-13,15-17,19H,2,8,14,18H2,1,3-7H3,(H,28,30,31);1-2H3/b21-10+,24-11+;. The minimum Gasteiger partial charge on any atom is -0.488 e. The normalized spacial score (nSPS) is 12.7. The van der Waals surface area contributed by atoms with E-state index in [0.717, 1.165) is 22.6 Å². The van der Waals surface area contributed by atoms with Crippen molar-refractivity contribution in [2.24, 2.45) is 4.99 Å². The number of aliphatic imine (C=N–C) groups is 1. The van der Waals surface area contributed by atoms with Gasteiger partial charge in [0.05, 0.1) is 26.1 Å². The van der Waals surface area contributed by atoms with E-state index in [-0.39, 0.29) is 6.10 Å². The van der Waals surface area contributed by atoms with Crippen LogP contribution in [0.25, 0.3) is 0 Å². The summed E-state index contributed by atoms with van der Waals surface area (Å²) in [4.78, 5) is 13.9. The fourth-order valence-electron chi connectivity index (χ4n) is 3.16. The van der Waals surface area contributed by atoms with Gasteiger partial charge in [-0.05, 0) is 43.0 Å². The quantitative estimate of drug-likeness (QED) is 0.122. The molecule has 0 spiro atoms. The number of nitrogens with one attached hydrogen (secondary N) is 1. The second-order valence-electron chi connectivity index (χ2n) is 7.68. The lowest BCUT2D eigenvalue weighted by molar-refractivity contribution is 0.0919. The van der Waals surface area contributed by atoms with Gasteiger partial charge in [-0.3, -0.25) is 9.98 Å². The first-order valence-corrected chi connectivity index (χ1v) is 13.8. The fraction of sp³-hybridized carbons (Fsp3) is 0.414. The van der Waals surface area contributed by atoms with Gasteiger partial charge in [0.1, 0.15) is 29.2 Å². The van der Waals surface area contributed by atoms with Crippen molar-refractivity contribution in [2.45, 2.75) is 46.6 Å². The molecule has 0 aliphatic heterocycles. The predicted molar refractivity (Wildman–Crippen MR) is 160 cm³/mol. The minimum atomic E-state index is -0.122. The molecule has 9 heteroatoms. The average Bonchev–Trinajstić information content (AvgIpc) is 2.93. The van der Waals surface area contributed by atoms with Crippen molar-refractivity contribution in [1.29, 1.82) is 0 Å². The molecular formula is C29H42N4O4S. The van der Waals surface area contributed by atoms with Gasteiger partial charge in [-0.2, -0.15) is 4.98 Å². The summed E-state index contributed by atoms with van der Waals surface area (Å²) in [6.07, 6.45) is 12.1. The second kappa shape index (κ2) is 18.9. The number of aromatic nitrogens is 2. The molecule has 1 atom stereocenters. The molecule has 0 bridgehead atoms. The van der Waals surface area contributed by atoms with Gasteiger partial charge in [-0.1, -0.05) is 33.4 Å². The van der Waals surface area contributed by atoms with Crippen LogP contribution in [0.2, 0.25) is 0 Å². The van der Waals surface area contributed by atoms with Crippen LogP contribution < -0.4 is 19.5 Å². The number of amidine groups is 1. The summed E-state index contributed by atoms with van der Waals surface area (Å²) < 4.78 is 22.7. The van der Waals surface area contributed by atoms with Crippen LogP contribution in [-0.2, 0) is 11.2 Å². The van der Waals surface area contributed by atoms with Crippen LogP contribution in [0.5, 0.6) is 17.4 Å². The van der Waals surface area contributed by atoms with Gasteiger partial charge in [0, 0.05) is 38.0 Å². The summed E-state index contributed by atoms with van der Waals surface area (Å²) in [5.74, 6) is 3.85. The highest BCUT2D eigenvalue weighted by Gasteiger charge is 2.12. The van der Waals surface area contributed by atoms with Crippen LogP contribution in [0.3, 0.4) is 0 Å². The molecule has 1 aromatic heterocycles. The van der Waals surface area contributed by atoms with Crippen molar-refractivity contribution in [3.05, 3.63) is 71.6 Å². The molecule has 0 saturated heterocycles. The topological polar surface area (TPSA) is 87.1 Å². The molecule has 1 N–H and O–H groups in total. The van der Waals surface area contributed by atoms with Crippen LogP contribution in [0, 0.1) is 0 Å². The smallest absolute Gasteiger partial charge is 0.233 e. The minimum absolute atomic E-state index is 0.122. The molecule has 0 aliphatic carbocycles. The zero-order valence-corrected chi connectivity index (χ0v) is 24.7. The third-order valence-corrected chi connectivity index (χ3v) is 5.66. The Morgan fingerprint density at radius 2 is 1.89 bits per heavy atom. The van der Waals surface area contributed by atoms with Crippen LogP contribution in [0.1, 0.15) is 39.7 Å². The van der Waals surface area contributed by atoms with Crippen LogP contribution >= 0.6 is 11.8 Å². The van der Waals surface area contributed by atoms with E-state index in [9.17, 15) is 0 Å². The first kappa shape index (κ1) is 32.7. The molecule has 1 aromatic carbocycles. The molecular weight excluding hydrogens is 500 g/mol. The molecule has 1 unspecified atom stereocenters. The SMILES string of the molecule is C=C/C(=C\C=C(/CC)Oc1cc(CC(=NC)Nc2cncc(OC)n2)cc(OC(C)COC)c1)SC.CC. The summed E-state index contributed by atoms with van der Waals surface area (Å²) in [6.45, 7) is 12.3. The van der Waals surface area contributed by atoms with E-state index in [1.165, 1.54) is 0 Å². The monoisotopic (exact) mass is 542 g/mol. The van der Waals surface area contributed by atoms with Crippen molar-refractivity contribution >= 4 is 23.4 Å². The number of nitrogens with zero attached hydrogens (tertiary/aromatic N) is 3. The number of rotatable bonds is 14. The largest absolute Gasteiger partial charge is 0.488 e. The Hall–Kier alpha value is -3.30. The second-order valence-corrected chi connectivity index (χ2v) is 8.56. The predicted octanol–water partition coefficient (Wildman–Crippen LogP) is 6.71. The summed E-state index contributed by atoms with van der Waals surface area (Å²) in [5, 5.41) is 3.21. The Labute approximate surface area is 232 Å². The van der Waals surface area contributed by atoms with Gasteiger partial charge in [0.25, 0.3) is 0 Å². The number of hydrogen-bond acceptors (Lipinski definition) is 8. The number of allylic oxidation sites excluding steroid dienone is 4. The Bertz CT molecular complexity index is 1090. The molecule has 0 aliphatic rings. The molecule has 208 valence electrons. The van der Waals surface area contributed by atoms with Crippen molar-refractivity contribution in [2.75, 3.05) is 39.4 Å². The summed E-state index contributed by atoms with van der Waals surface area (Å²) in [6, 6.07) is 5.84. The average molecular weight is 543 g/mol. The molecule has 2 aromatic rings. The van der Waals surface area contributed by atoms with Gasteiger partial charge in [0.2, 0.25) is 5.88 Å². The highest BCUT2D eigenvalue weighted by atomic mass is 32.2. The summed E-state index contributed by atoms with van der Waals surface area (Å²) in [5.41, 5.74) is 0.956.